The van der Waals surface area contributed by atoms with E-state index < -0.39 is 66.0 Å². The van der Waals surface area contributed by atoms with E-state index in [0.717, 1.165) is 38.5 Å². The van der Waals surface area contributed by atoms with Crippen LogP contribution in [0.4, 0.5) is 0 Å². The largest absolute Gasteiger partial charge is 0.463 e. The van der Waals surface area contributed by atoms with Gasteiger partial charge in [-0.2, -0.15) is 0 Å². The molecule has 1 aliphatic heterocycles. The number of ketones is 1. The molecule has 0 unspecified atom stereocenters. The van der Waals surface area contributed by atoms with Crippen molar-refractivity contribution >= 4 is 11.8 Å². The molecule has 11 nitrogen and oxygen atoms in total. The van der Waals surface area contributed by atoms with Gasteiger partial charge in [0, 0.05) is 24.2 Å². The van der Waals surface area contributed by atoms with E-state index in [1.54, 1.807) is 0 Å². The van der Waals surface area contributed by atoms with Gasteiger partial charge in [0.1, 0.15) is 42.9 Å². The van der Waals surface area contributed by atoms with Crippen LogP contribution in [0.25, 0.3) is 0 Å². The lowest BCUT2D eigenvalue weighted by Gasteiger charge is -2.68. The minimum atomic E-state index is -1.57. The summed E-state index contributed by atoms with van der Waals surface area (Å²) in [6, 6.07) is 0. The maximum absolute atomic E-state index is 13.5. The Balaban J connectivity index is 1.34. The average molecular weight is 695 g/mol. The maximum atomic E-state index is 13.5. The first-order valence-electron chi connectivity index (χ1n) is 18.7. The van der Waals surface area contributed by atoms with Gasteiger partial charge in [0.15, 0.2) is 6.29 Å². The van der Waals surface area contributed by atoms with E-state index >= 15 is 0 Å². The summed E-state index contributed by atoms with van der Waals surface area (Å²) < 4.78 is 18.1. The van der Waals surface area contributed by atoms with Gasteiger partial charge in [-0.3, -0.25) is 9.59 Å². The summed E-state index contributed by atoms with van der Waals surface area (Å²) in [4.78, 5) is 25.0. The number of esters is 1. The van der Waals surface area contributed by atoms with Crippen molar-refractivity contribution in [2.75, 3.05) is 6.61 Å². The van der Waals surface area contributed by atoms with Gasteiger partial charge < -0.3 is 44.8 Å². The summed E-state index contributed by atoms with van der Waals surface area (Å²) >= 11 is 0. The Hall–Kier alpha value is -1.18. The zero-order valence-electron chi connectivity index (χ0n) is 30.7. The molecule has 0 spiro atoms. The summed E-state index contributed by atoms with van der Waals surface area (Å²) in [7, 11) is 0. The second-order valence-electron chi connectivity index (χ2n) is 18.7. The molecule has 0 aromatic carbocycles. The van der Waals surface area contributed by atoms with Gasteiger partial charge >= 0.3 is 5.97 Å². The van der Waals surface area contributed by atoms with Crippen molar-refractivity contribution in [3.63, 3.8) is 0 Å². The van der Waals surface area contributed by atoms with Crippen LogP contribution < -0.4 is 0 Å². The van der Waals surface area contributed by atoms with Crippen LogP contribution in [0.15, 0.2) is 0 Å². The molecule has 0 aromatic heterocycles. The van der Waals surface area contributed by atoms with Gasteiger partial charge in [0.05, 0.1) is 17.8 Å². The fourth-order valence-corrected chi connectivity index (χ4v) is 13.1. The molecule has 0 bridgehead atoms. The Morgan fingerprint density at radius 3 is 2.31 bits per heavy atom. The van der Waals surface area contributed by atoms with Gasteiger partial charge in [-0.05, 0) is 105 Å². The Bertz CT molecular complexity index is 1300. The lowest BCUT2D eigenvalue weighted by molar-refractivity contribution is -0.341. The Kier molecular flexibility index (Phi) is 9.34. The molecular formula is C38H62O11. The first kappa shape index (κ1) is 37.6. The summed E-state index contributed by atoms with van der Waals surface area (Å²) in [5.41, 5.74) is -2.55. The number of ether oxygens (including phenoxy) is 3. The fraction of sp³-hybridized carbons (Fsp3) is 0.947. The Labute approximate surface area is 291 Å². The number of rotatable bonds is 9. The highest BCUT2D eigenvalue weighted by Gasteiger charge is 2.85. The lowest BCUT2D eigenvalue weighted by Crippen LogP contribution is -2.68. The highest BCUT2D eigenvalue weighted by Crippen LogP contribution is 2.91. The third kappa shape index (κ3) is 5.41. The number of aliphatic hydroxyl groups excluding tert-OH is 5. The minimum Gasteiger partial charge on any atom is -0.463 e. The maximum Gasteiger partial charge on any atom is 0.302 e. The lowest BCUT2D eigenvalue weighted by atomic mass is 9.37. The molecule has 1 heterocycles. The second-order valence-corrected chi connectivity index (χ2v) is 18.7. The quantitative estimate of drug-likeness (QED) is 0.154. The van der Waals surface area contributed by atoms with E-state index in [9.17, 15) is 40.2 Å². The topological polar surface area (TPSA) is 183 Å². The molecule has 6 fully saturated rings. The summed E-state index contributed by atoms with van der Waals surface area (Å²) in [6.45, 7) is 15.0. The zero-order valence-corrected chi connectivity index (χ0v) is 30.7. The number of hydrogen-bond acceptors (Lipinski definition) is 11. The smallest absolute Gasteiger partial charge is 0.302 e. The molecular weight excluding hydrogens is 632 g/mol. The molecule has 5 aliphatic carbocycles. The molecule has 0 amide bonds. The van der Waals surface area contributed by atoms with Crippen LogP contribution in [0, 0.1) is 50.7 Å². The van der Waals surface area contributed by atoms with Crippen LogP contribution in [0.1, 0.15) is 113 Å². The number of fused-ring (bicyclic) bond motifs is 3. The SMILES string of the molecule is CC(=O)OC[C@H]1O[C@@H](O[C@@H]2C[C@H]3C(C)(C)C(=O)CC[C@]3(C)[C@H]3CC[C@]45C[C@]4(CC[C@H]5[C@@H](C)C[C@@H](O)[C@H](O)C(C)(C)O)[C@@]32C)[C@H](O)[C@@H](O)[C@@H]1O. The van der Waals surface area contributed by atoms with Gasteiger partial charge in [-0.15, -0.1) is 0 Å². The molecule has 280 valence electrons. The van der Waals surface area contributed by atoms with Gasteiger partial charge in [0.25, 0.3) is 0 Å². The van der Waals surface area contributed by atoms with Crippen molar-refractivity contribution in [1.82, 2.24) is 0 Å². The fourth-order valence-electron chi connectivity index (χ4n) is 13.1. The number of carbonyl (C=O) groups excluding carboxylic acids is 2. The van der Waals surface area contributed by atoms with E-state index in [1.165, 1.54) is 20.8 Å². The predicted octanol–water partition coefficient (Wildman–Crippen LogP) is 2.88. The van der Waals surface area contributed by atoms with Crippen molar-refractivity contribution < 1.29 is 54.4 Å². The van der Waals surface area contributed by atoms with E-state index in [-0.39, 0.29) is 51.8 Å². The molecule has 5 saturated carbocycles. The van der Waals surface area contributed by atoms with Crippen LogP contribution in [0.5, 0.6) is 0 Å². The predicted molar refractivity (Wildman–Crippen MR) is 178 cm³/mol. The van der Waals surface area contributed by atoms with Crippen molar-refractivity contribution in [3.8, 4) is 0 Å². The average Bonchev–Trinajstić information content (AvgIpc) is 3.58. The van der Waals surface area contributed by atoms with Crippen LogP contribution in [-0.2, 0) is 23.8 Å². The molecule has 6 rings (SSSR count). The molecule has 11 heteroatoms. The van der Waals surface area contributed by atoms with Gasteiger partial charge in [0.2, 0.25) is 0 Å². The number of aliphatic hydroxyl groups is 6. The van der Waals surface area contributed by atoms with Crippen molar-refractivity contribution in [2.45, 2.75) is 168 Å². The monoisotopic (exact) mass is 694 g/mol. The molecule has 6 aliphatic rings. The second kappa shape index (κ2) is 12.2. The van der Waals surface area contributed by atoms with Crippen LogP contribution in [0.2, 0.25) is 0 Å². The van der Waals surface area contributed by atoms with E-state index in [0.29, 0.717) is 25.2 Å². The van der Waals surface area contributed by atoms with Crippen LogP contribution >= 0.6 is 0 Å². The third-order valence-electron chi connectivity index (χ3n) is 15.7. The van der Waals surface area contributed by atoms with Crippen molar-refractivity contribution in [2.24, 2.45) is 50.7 Å². The van der Waals surface area contributed by atoms with E-state index in [2.05, 4.69) is 34.6 Å². The highest BCUT2D eigenvalue weighted by atomic mass is 16.7. The Morgan fingerprint density at radius 2 is 1.67 bits per heavy atom. The van der Waals surface area contributed by atoms with Crippen molar-refractivity contribution in [3.05, 3.63) is 0 Å². The first-order valence-corrected chi connectivity index (χ1v) is 18.7. The standard InChI is InChI=1S/C38H62O11/c1-19(15-22(40)31(45)34(5,6)46)21-9-14-38-18-37(21,38)13-10-24-35(7)12-11-26(41)33(3,4)25(35)16-27(36(24,38)8)49-32-30(44)29(43)28(42)23(48-32)17-47-20(2)39/h19,21-25,27-32,40,42-46H,9-18H2,1-8H3/t19-,21-,22+,23+,24+,25-,27+,28+,29-,30+,31-,32-,35+,36-,37+,38+/m0/s1. The Morgan fingerprint density at radius 1 is 1.00 bits per heavy atom. The minimum absolute atomic E-state index is 0.0154. The summed E-state index contributed by atoms with van der Waals surface area (Å²) in [6.07, 6.45) is -2.42. The zero-order chi connectivity index (χ0) is 36.3. The van der Waals surface area contributed by atoms with E-state index in [1.807, 2.05) is 0 Å². The number of hydrogen-bond donors (Lipinski definition) is 6. The van der Waals surface area contributed by atoms with Gasteiger partial charge in [-0.1, -0.05) is 34.6 Å². The molecule has 6 N–H and O–H groups in total. The number of carbonyl (C=O) groups is 2. The number of Topliss-reactive ketones (excluding diaryl/α,β-unsaturated/α-hetero) is 1. The highest BCUT2D eigenvalue weighted by molar-refractivity contribution is 5.85. The molecule has 0 radical (unpaired) electrons. The normalized spacial score (nSPS) is 49.1. The van der Waals surface area contributed by atoms with Gasteiger partial charge in [-0.25, -0.2) is 0 Å². The third-order valence-corrected chi connectivity index (χ3v) is 15.7. The molecule has 0 aromatic rings. The van der Waals surface area contributed by atoms with Crippen molar-refractivity contribution in [1.29, 1.82) is 0 Å². The molecule has 49 heavy (non-hydrogen) atoms. The van der Waals surface area contributed by atoms with Crippen LogP contribution in [-0.4, -0.2) is 104 Å². The summed E-state index contributed by atoms with van der Waals surface area (Å²) in [5, 5.41) is 64.8. The van der Waals surface area contributed by atoms with Crippen LogP contribution in [0.3, 0.4) is 0 Å². The first-order chi connectivity index (χ1) is 22.6. The van der Waals surface area contributed by atoms with E-state index in [4.69, 9.17) is 14.2 Å². The summed E-state index contributed by atoms with van der Waals surface area (Å²) in [5.74, 6) is 0.356. The molecule has 1 saturated heterocycles. The molecule has 16 atom stereocenters.